The molecule has 8 nitrogen and oxygen atoms in total. The summed E-state index contributed by atoms with van der Waals surface area (Å²) in [5, 5.41) is 18.3. The highest BCUT2D eigenvalue weighted by Crippen LogP contribution is 2.14. The van der Waals surface area contributed by atoms with Crippen LogP contribution in [-0.4, -0.2) is 34.7 Å². The van der Waals surface area contributed by atoms with Gasteiger partial charge < -0.3 is 15.9 Å². The second-order valence-electron chi connectivity index (χ2n) is 8.26. The van der Waals surface area contributed by atoms with E-state index >= 15 is 0 Å². The number of aliphatic hydroxyl groups is 2. The molecule has 0 radical (unpaired) electrons. The summed E-state index contributed by atoms with van der Waals surface area (Å²) in [6.45, 7) is 4.17. The van der Waals surface area contributed by atoms with Gasteiger partial charge in [-0.15, -0.1) is 5.48 Å². The smallest absolute Gasteiger partial charge is 0.181 e. The largest absolute Gasteiger partial charge is 0.376 e. The van der Waals surface area contributed by atoms with Gasteiger partial charge >= 0.3 is 0 Å². The van der Waals surface area contributed by atoms with Crippen molar-refractivity contribution in [3.8, 4) is 0 Å². The van der Waals surface area contributed by atoms with Crippen LogP contribution in [0.1, 0.15) is 117 Å². The SMILES string of the molecule is CCC(C)=NC(N)CCCCCCCCCCCCCCCC(O)NONC(N)O. The van der Waals surface area contributed by atoms with Crippen LogP contribution in [0, 0.1) is 0 Å². The number of nitrogens with one attached hydrogen (secondary N) is 2. The van der Waals surface area contributed by atoms with E-state index in [2.05, 4.69) is 34.7 Å². The van der Waals surface area contributed by atoms with Gasteiger partial charge in [-0.25, -0.2) is 4.94 Å². The van der Waals surface area contributed by atoms with Crippen molar-refractivity contribution in [1.29, 1.82) is 0 Å². The minimum absolute atomic E-state index is 0.00525. The predicted octanol–water partition coefficient (Wildman–Crippen LogP) is 3.57. The fourth-order valence-electron chi connectivity index (χ4n) is 3.30. The highest BCUT2D eigenvalue weighted by atomic mass is 16.8. The Morgan fingerprint density at radius 2 is 1.20 bits per heavy atom. The number of nitrogens with two attached hydrogens (primary N) is 2. The molecule has 3 atom stereocenters. The van der Waals surface area contributed by atoms with Gasteiger partial charge in [0.2, 0.25) is 0 Å². The van der Waals surface area contributed by atoms with Gasteiger partial charge in [0.25, 0.3) is 0 Å². The van der Waals surface area contributed by atoms with Crippen molar-refractivity contribution < 1.29 is 15.2 Å². The summed E-state index contributed by atoms with van der Waals surface area (Å²) in [6, 6.07) is 0. The van der Waals surface area contributed by atoms with Crippen LogP contribution in [0.5, 0.6) is 0 Å². The van der Waals surface area contributed by atoms with Crippen LogP contribution in [0.3, 0.4) is 0 Å². The Labute approximate surface area is 184 Å². The first-order valence-corrected chi connectivity index (χ1v) is 12.0. The Morgan fingerprint density at radius 1 is 0.767 bits per heavy atom. The van der Waals surface area contributed by atoms with Gasteiger partial charge in [0.05, 0.1) is 6.17 Å². The first-order valence-electron chi connectivity index (χ1n) is 12.0. The van der Waals surface area contributed by atoms with Crippen LogP contribution in [0.4, 0.5) is 0 Å². The molecule has 30 heavy (non-hydrogen) atoms. The van der Waals surface area contributed by atoms with Crippen molar-refractivity contribution in [2.45, 2.75) is 135 Å². The average Bonchev–Trinajstić information content (AvgIpc) is 2.70. The summed E-state index contributed by atoms with van der Waals surface area (Å²) in [5.74, 6) is 0. The molecule has 0 saturated heterocycles. The van der Waals surface area contributed by atoms with Gasteiger partial charge in [0.15, 0.2) is 6.35 Å². The Bertz CT molecular complexity index is 397. The van der Waals surface area contributed by atoms with Crippen LogP contribution < -0.4 is 22.4 Å². The van der Waals surface area contributed by atoms with E-state index in [1.165, 1.54) is 70.6 Å². The van der Waals surface area contributed by atoms with E-state index in [0.717, 1.165) is 31.4 Å². The molecule has 0 aliphatic carbocycles. The minimum Gasteiger partial charge on any atom is -0.376 e. The molecule has 0 bridgehead atoms. The maximum Gasteiger partial charge on any atom is 0.181 e. The summed E-state index contributed by atoms with van der Waals surface area (Å²) in [4.78, 5) is 9.10. The van der Waals surface area contributed by atoms with Crippen molar-refractivity contribution in [2.75, 3.05) is 0 Å². The van der Waals surface area contributed by atoms with Crippen molar-refractivity contribution >= 4 is 5.71 Å². The summed E-state index contributed by atoms with van der Waals surface area (Å²) in [5.41, 5.74) is 16.7. The molecule has 0 rings (SSSR count). The zero-order chi connectivity index (χ0) is 22.5. The maximum atomic E-state index is 9.61. The molecule has 0 aliphatic rings. The van der Waals surface area contributed by atoms with Crippen molar-refractivity contribution in [1.82, 2.24) is 11.0 Å². The van der Waals surface area contributed by atoms with Gasteiger partial charge in [0, 0.05) is 5.71 Å². The molecule has 0 fully saturated rings. The summed E-state index contributed by atoms with van der Waals surface area (Å²) in [6.07, 6.45) is 16.9. The van der Waals surface area contributed by atoms with E-state index in [9.17, 15) is 5.11 Å². The first kappa shape index (κ1) is 29.4. The van der Waals surface area contributed by atoms with Crippen LogP contribution in [0.15, 0.2) is 4.99 Å². The van der Waals surface area contributed by atoms with Gasteiger partial charge in [-0.2, -0.15) is 5.48 Å². The molecule has 0 aromatic heterocycles. The number of aliphatic hydroxyl groups excluding tert-OH is 2. The molecule has 0 heterocycles. The Balaban J connectivity index is 3.23. The topological polar surface area (TPSA) is 138 Å². The summed E-state index contributed by atoms with van der Waals surface area (Å²) in [7, 11) is 0. The maximum absolute atomic E-state index is 9.61. The van der Waals surface area contributed by atoms with Crippen LogP contribution in [-0.2, 0) is 4.94 Å². The van der Waals surface area contributed by atoms with Crippen molar-refractivity contribution in [3.63, 3.8) is 0 Å². The van der Waals surface area contributed by atoms with Crippen LogP contribution in [0.2, 0.25) is 0 Å². The van der Waals surface area contributed by atoms with E-state index in [4.69, 9.17) is 16.6 Å². The molecule has 0 aliphatic heterocycles. The normalized spacial score (nSPS) is 15.3. The van der Waals surface area contributed by atoms with E-state index in [0.29, 0.717) is 6.42 Å². The first-order chi connectivity index (χ1) is 14.5. The standard InChI is InChI=1S/C22H49N5O3/c1-3-19(2)25-20(23)17-15-13-11-9-7-5-4-6-8-10-12-14-16-18-21(28)26-30-27-22(24)29/h20-22,26-29H,3-18,23-24H2,1-2H3. The van der Waals surface area contributed by atoms with Crippen molar-refractivity contribution in [3.05, 3.63) is 0 Å². The van der Waals surface area contributed by atoms with E-state index in [1.807, 2.05) is 0 Å². The zero-order valence-corrected chi connectivity index (χ0v) is 19.5. The number of hydroxylamine groups is 2. The lowest BCUT2D eigenvalue weighted by atomic mass is 10.0. The fourth-order valence-corrected chi connectivity index (χ4v) is 3.30. The van der Waals surface area contributed by atoms with E-state index in [-0.39, 0.29) is 6.17 Å². The molecule has 0 amide bonds. The Morgan fingerprint density at radius 3 is 1.63 bits per heavy atom. The van der Waals surface area contributed by atoms with Gasteiger partial charge in [0.1, 0.15) is 6.23 Å². The molecule has 0 saturated carbocycles. The second kappa shape index (κ2) is 21.6. The number of rotatable bonds is 22. The predicted molar refractivity (Wildman–Crippen MR) is 124 cm³/mol. The van der Waals surface area contributed by atoms with Gasteiger partial charge in [-0.05, 0) is 39.0 Å². The number of hydrogen-bond acceptors (Lipinski definition) is 8. The highest BCUT2D eigenvalue weighted by molar-refractivity contribution is 5.81. The number of aliphatic imine (C=N–C) groups is 1. The molecule has 8 heteroatoms. The molecule has 0 aromatic carbocycles. The third kappa shape index (κ3) is 22.1. The fraction of sp³-hybridized carbons (Fsp3) is 0.955. The molecular formula is C22H49N5O3. The Kier molecular flexibility index (Phi) is 21.2. The van der Waals surface area contributed by atoms with Gasteiger partial charge in [-0.3, -0.25) is 10.7 Å². The summed E-state index contributed by atoms with van der Waals surface area (Å²) >= 11 is 0. The Hall–Kier alpha value is -0.610. The lowest BCUT2D eigenvalue weighted by Crippen LogP contribution is -2.43. The quantitative estimate of drug-likeness (QED) is 0.0666. The van der Waals surface area contributed by atoms with E-state index < -0.39 is 12.6 Å². The zero-order valence-electron chi connectivity index (χ0n) is 19.5. The lowest BCUT2D eigenvalue weighted by Gasteiger charge is -2.13. The van der Waals surface area contributed by atoms with Gasteiger partial charge in [-0.1, -0.05) is 77.6 Å². The number of nitrogens with zero attached hydrogens (tertiary/aromatic N) is 1. The second-order valence-corrected chi connectivity index (χ2v) is 8.26. The minimum atomic E-state index is -1.27. The monoisotopic (exact) mass is 431 g/mol. The summed E-state index contributed by atoms with van der Waals surface area (Å²) < 4.78 is 0. The molecule has 3 unspecified atom stereocenters. The third-order valence-electron chi connectivity index (χ3n) is 5.25. The number of hydrogen-bond donors (Lipinski definition) is 6. The molecule has 0 spiro atoms. The van der Waals surface area contributed by atoms with Crippen LogP contribution >= 0.6 is 0 Å². The molecule has 180 valence electrons. The highest BCUT2D eigenvalue weighted by Gasteiger charge is 2.04. The molecular weight excluding hydrogens is 382 g/mol. The molecule has 0 aromatic rings. The van der Waals surface area contributed by atoms with E-state index in [1.54, 1.807) is 0 Å². The third-order valence-corrected chi connectivity index (χ3v) is 5.25. The lowest BCUT2D eigenvalue weighted by molar-refractivity contribution is -0.149. The molecule has 8 N–H and O–H groups in total. The van der Waals surface area contributed by atoms with Crippen molar-refractivity contribution in [2.24, 2.45) is 16.5 Å². The average molecular weight is 432 g/mol. The van der Waals surface area contributed by atoms with Crippen LogP contribution in [0.25, 0.3) is 0 Å². The number of unbranched alkanes of at least 4 members (excludes halogenated alkanes) is 12.